The molecule has 6 amide bonds. The van der Waals surface area contributed by atoms with E-state index in [1.54, 1.807) is 31.2 Å². The fraction of sp³-hybridized carbons (Fsp3) is 0.429. The third-order valence-corrected chi connectivity index (χ3v) is 8.04. The van der Waals surface area contributed by atoms with Crippen molar-refractivity contribution in [2.45, 2.75) is 84.2 Å². The highest BCUT2D eigenvalue weighted by Crippen LogP contribution is 2.25. The fourth-order valence-corrected chi connectivity index (χ4v) is 5.20. The quantitative estimate of drug-likeness (QED) is 0.261. The number of imide groups is 2. The summed E-state index contributed by atoms with van der Waals surface area (Å²) in [7, 11) is 2.99. The lowest BCUT2D eigenvalue weighted by atomic mass is 9.92. The number of hydrogen-bond donors (Lipinski definition) is 2. The van der Waals surface area contributed by atoms with Crippen molar-refractivity contribution in [3.8, 4) is 0 Å². The van der Waals surface area contributed by atoms with Crippen LogP contribution in [0.1, 0.15) is 113 Å². The molecule has 0 aromatic heterocycles. The Bertz CT molecular complexity index is 1520. The van der Waals surface area contributed by atoms with Gasteiger partial charge in [0.05, 0.1) is 5.56 Å². The topological polar surface area (TPSA) is 167 Å². The summed E-state index contributed by atoms with van der Waals surface area (Å²) in [5, 5.41) is 4.67. The number of hydrogen-bond acceptors (Lipinski definition) is 8. The van der Waals surface area contributed by atoms with Crippen LogP contribution in [-0.2, 0) is 24.0 Å². The van der Waals surface area contributed by atoms with Crippen molar-refractivity contribution in [2.75, 3.05) is 14.1 Å². The van der Waals surface area contributed by atoms with Crippen LogP contribution < -0.4 is 10.6 Å². The van der Waals surface area contributed by atoms with Crippen LogP contribution in [0.25, 0.3) is 0 Å². The summed E-state index contributed by atoms with van der Waals surface area (Å²) in [6.45, 7) is 9.67. The minimum absolute atomic E-state index is 0.0469. The molecule has 2 unspecified atom stereocenters. The third kappa shape index (κ3) is 9.50. The molecule has 47 heavy (non-hydrogen) atoms. The zero-order valence-corrected chi connectivity index (χ0v) is 28.0. The standard InChI is InChI=1S/C18H24N2O4.C17H20N2O4/c1-12(2)14-8-5-7-13(11-22)16(14)18(24)20(4)15(9-6-10-21)17(23)19-3;1-10(2)12-5-4-11(3)13(8-12)17(23)19(9-20)14-6-7-15(21)18-16(14)22/h5,7-8,10-12,15H,6,9H2,1-4H3,(H,19,23);4-5,8-10,14H,6-7H2,1-3H3,(H,18,21,22). The smallest absolute Gasteiger partial charge is 0.261 e. The maximum absolute atomic E-state index is 13.0. The largest absolute Gasteiger partial charge is 0.357 e. The lowest BCUT2D eigenvalue weighted by molar-refractivity contribution is -0.139. The molecule has 12 heteroatoms. The molecule has 0 saturated carbocycles. The van der Waals surface area contributed by atoms with Crippen molar-refractivity contribution in [1.29, 1.82) is 0 Å². The Labute approximate surface area is 275 Å². The molecule has 1 aliphatic heterocycles. The van der Waals surface area contributed by atoms with Crippen LogP contribution in [0.5, 0.6) is 0 Å². The van der Waals surface area contributed by atoms with Gasteiger partial charge in [-0.1, -0.05) is 58.0 Å². The van der Waals surface area contributed by atoms with Crippen LogP contribution in [-0.4, -0.2) is 84.5 Å². The van der Waals surface area contributed by atoms with E-state index < -0.39 is 29.8 Å². The maximum atomic E-state index is 13.0. The molecule has 1 aliphatic rings. The summed E-state index contributed by atoms with van der Waals surface area (Å²) in [6.07, 6.45) is 2.38. The average Bonchev–Trinajstić information content (AvgIpc) is 3.05. The Hall–Kier alpha value is -5.00. The van der Waals surface area contributed by atoms with Gasteiger partial charge in [0.2, 0.25) is 24.1 Å². The van der Waals surface area contributed by atoms with E-state index in [0.29, 0.717) is 35.7 Å². The first kappa shape index (κ1) is 38.2. The number of nitrogens with zero attached hydrogens (tertiary/aromatic N) is 2. The highest BCUT2D eigenvalue weighted by molar-refractivity contribution is 6.08. The van der Waals surface area contributed by atoms with Gasteiger partial charge in [-0.25, -0.2) is 0 Å². The Morgan fingerprint density at radius 2 is 1.68 bits per heavy atom. The number of carbonyl (C=O) groups excluding carboxylic acids is 8. The van der Waals surface area contributed by atoms with Crippen LogP contribution in [0, 0.1) is 6.92 Å². The van der Waals surface area contributed by atoms with Crippen molar-refractivity contribution in [1.82, 2.24) is 20.4 Å². The third-order valence-electron chi connectivity index (χ3n) is 8.04. The van der Waals surface area contributed by atoms with Crippen molar-refractivity contribution >= 4 is 48.5 Å². The SMILES string of the molecule is CNC(=O)C(CCC=O)N(C)C(=O)c1c(C=O)cccc1C(C)C.Cc1ccc(C(C)C)cc1C(=O)N(C=O)C1CCC(=O)NC1=O. The van der Waals surface area contributed by atoms with E-state index >= 15 is 0 Å². The molecule has 1 fully saturated rings. The lowest BCUT2D eigenvalue weighted by Crippen LogP contribution is -2.53. The maximum Gasteiger partial charge on any atom is 0.261 e. The van der Waals surface area contributed by atoms with E-state index in [-0.39, 0.29) is 49.3 Å². The van der Waals surface area contributed by atoms with Crippen LogP contribution >= 0.6 is 0 Å². The molecule has 0 spiro atoms. The summed E-state index contributed by atoms with van der Waals surface area (Å²) >= 11 is 0. The van der Waals surface area contributed by atoms with Gasteiger partial charge in [-0.3, -0.25) is 43.8 Å². The molecule has 1 heterocycles. The molecule has 0 radical (unpaired) electrons. The van der Waals surface area contributed by atoms with Crippen molar-refractivity contribution < 1.29 is 38.4 Å². The van der Waals surface area contributed by atoms with E-state index in [2.05, 4.69) is 10.6 Å². The monoisotopic (exact) mass is 648 g/mol. The second kappa shape index (κ2) is 17.6. The average molecular weight is 649 g/mol. The van der Waals surface area contributed by atoms with E-state index in [0.717, 1.165) is 21.6 Å². The molecular formula is C35H44N4O8. The van der Waals surface area contributed by atoms with Gasteiger partial charge < -0.3 is 15.0 Å². The molecule has 2 N–H and O–H groups in total. The number of benzene rings is 2. The number of nitrogens with one attached hydrogen (secondary N) is 2. The van der Waals surface area contributed by atoms with Gasteiger partial charge in [0.15, 0.2) is 6.29 Å². The molecule has 0 bridgehead atoms. The summed E-state index contributed by atoms with van der Waals surface area (Å²) in [5.74, 6) is -1.98. The molecule has 252 valence electrons. The molecule has 3 rings (SSSR count). The molecule has 1 saturated heterocycles. The Morgan fingerprint density at radius 3 is 2.21 bits per heavy atom. The molecule has 2 aromatic carbocycles. The van der Waals surface area contributed by atoms with Gasteiger partial charge in [-0.05, 0) is 54.4 Å². The van der Waals surface area contributed by atoms with Gasteiger partial charge in [-0.2, -0.15) is 0 Å². The van der Waals surface area contributed by atoms with E-state index in [1.807, 2.05) is 39.8 Å². The van der Waals surface area contributed by atoms with Crippen LogP contribution in [0.4, 0.5) is 0 Å². The number of carbonyl (C=O) groups is 8. The molecule has 0 aliphatic carbocycles. The van der Waals surface area contributed by atoms with E-state index in [9.17, 15) is 38.4 Å². The summed E-state index contributed by atoms with van der Waals surface area (Å²) in [6, 6.07) is 8.93. The summed E-state index contributed by atoms with van der Waals surface area (Å²) in [4.78, 5) is 96.5. The van der Waals surface area contributed by atoms with Crippen LogP contribution in [0.2, 0.25) is 0 Å². The fourth-order valence-electron chi connectivity index (χ4n) is 5.20. The first-order valence-corrected chi connectivity index (χ1v) is 15.5. The predicted octanol–water partition coefficient (Wildman–Crippen LogP) is 3.31. The highest BCUT2D eigenvalue weighted by Gasteiger charge is 2.35. The lowest BCUT2D eigenvalue weighted by Gasteiger charge is -2.28. The number of likely N-dealkylation sites (N-methyl/N-ethyl adjacent to an activating group) is 2. The van der Waals surface area contributed by atoms with Crippen molar-refractivity contribution in [2.24, 2.45) is 0 Å². The first-order chi connectivity index (χ1) is 22.2. The minimum Gasteiger partial charge on any atom is -0.357 e. The van der Waals surface area contributed by atoms with E-state index in [1.165, 1.54) is 19.0 Å². The predicted molar refractivity (Wildman–Crippen MR) is 175 cm³/mol. The van der Waals surface area contributed by atoms with Crippen LogP contribution in [0.3, 0.4) is 0 Å². The van der Waals surface area contributed by atoms with Gasteiger partial charge in [-0.15, -0.1) is 0 Å². The number of aldehydes is 2. The zero-order chi connectivity index (χ0) is 35.4. The molecule has 2 atom stereocenters. The normalized spacial score (nSPS) is 14.7. The number of piperidine rings is 1. The van der Waals surface area contributed by atoms with Gasteiger partial charge in [0.25, 0.3) is 11.8 Å². The molecule has 12 nitrogen and oxygen atoms in total. The minimum atomic E-state index is -0.945. The Kier molecular flexibility index (Phi) is 14.3. The number of rotatable bonds is 12. The van der Waals surface area contributed by atoms with Crippen molar-refractivity contribution in [3.63, 3.8) is 0 Å². The highest BCUT2D eigenvalue weighted by atomic mass is 16.2. The van der Waals surface area contributed by atoms with Crippen molar-refractivity contribution in [3.05, 3.63) is 69.8 Å². The molecular weight excluding hydrogens is 604 g/mol. The zero-order valence-electron chi connectivity index (χ0n) is 28.0. The Morgan fingerprint density at radius 1 is 1.00 bits per heavy atom. The van der Waals surface area contributed by atoms with Gasteiger partial charge >= 0.3 is 0 Å². The summed E-state index contributed by atoms with van der Waals surface area (Å²) in [5.41, 5.74) is 3.47. The van der Waals surface area contributed by atoms with Crippen LogP contribution in [0.15, 0.2) is 36.4 Å². The van der Waals surface area contributed by atoms with E-state index in [4.69, 9.17) is 0 Å². The first-order valence-electron chi connectivity index (χ1n) is 15.5. The second-order valence-electron chi connectivity index (χ2n) is 11.9. The number of amides is 6. The number of aryl methyl sites for hydroxylation is 1. The Balaban J connectivity index is 0.000000327. The van der Waals surface area contributed by atoms with Gasteiger partial charge in [0.1, 0.15) is 18.4 Å². The molecule has 2 aromatic rings. The van der Waals surface area contributed by atoms with Gasteiger partial charge in [0, 0.05) is 38.1 Å². The second-order valence-corrected chi connectivity index (χ2v) is 11.9. The summed E-state index contributed by atoms with van der Waals surface area (Å²) < 4.78 is 0.